The first-order valence-electron chi connectivity index (χ1n) is 3.91. The summed E-state index contributed by atoms with van der Waals surface area (Å²) in [5.41, 5.74) is 0. The van der Waals surface area contributed by atoms with Gasteiger partial charge in [0.15, 0.2) is 0 Å². The lowest BCUT2D eigenvalue weighted by Gasteiger charge is -1.93. The Balaban J connectivity index is 2.27. The summed E-state index contributed by atoms with van der Waals surface area (Å²) in [7, 11) is 2.05. The van der Waals surface area contributed by atoms with Gasteiger partial charge >= 0.3 is 0 Å². The van der Waals surface area contributed by atoms with Gasteiger partial charge in [-0.3, -0.25) is 0 Å². The topological polar surface area (TPSA) is 8.81 Å². The van der Waals surface area contributed by atoms with Gasteiger partial charge in [0, 0.05) is 5.75 Å². The zero-order valence-corrected chi connectivity index (χ0v) is 7.97. The van der Waals surface area contributed by atoms with Gasteiger partial charge in [0.2, 0.25) is 6.33 Å². The lowest BCUT2D eigenvalue weighted by atomic mass is 10.7. The molecule has 11 heavy (non-hydrogen) atoms. The van der Waals surface area contributed by atoms with Crippen LogP contribution in [-0.4, -0.2) is 16.1 Å². The van der Waals surface area contributed by atoms with Gasteiger partial charge in [0.25, 0.3) is 0 Å². The fourth-order valence-electron chi connectivity index (χ4n) is 0.948. The third kappa shape index (κ3) is 2.97. The van der Waals surface area contributed by atoms with Crippen molar-refractivity contribution in [2.75, 3.05) is 11.5 Å². The summed E-state index contributed by atoms with van der Waals surface area (Å²) in [6.07, 6.45) is 6.28. The zero-order valence-electron chi connectivity index (χ0n) is 7.16. The molecule has 0 aliphatic rings. The molecular weight excluding hydrogens is 156 g/mol. The average molecular weight is 171 g/mol. The van der Waals surface area contributed by atoms with Crippen LogP contribution in [0.3, 0.4) is 0 Å². The molecule has 1 aromatic rings. The molecule has 1 aromatic heterocycles. The van der Waals surface area contributed by atoms with E-state index in [9.17, 15) is 0 Å². The normalized spacial score (nSPS) is 10.4. The molecule has 1 heterocycles. The highest BCUT2D eigenvalue weighted by atomic mass is 32.2. The van der Waals surface area contributed by atoms with E-state index in [1.54, 1.807) is 0 Å². The summed E-state index contributed by atoms with van der Waals surface area (Å²) < 4.78 is 4.28. The second-order valence-corrected chi connectivity index (χ2v) is 3.91. The van der Waals surface area contributed by atoms with E-state index in [4.69, 9.17) is 0 Å². The van der Waals surface area contributed by atoms with Gasteiger partial charge in [-0.25, -0.2) is 9.13 Å². The molecule has 0 atom stereocenters. The van der Waals surface area contributed by atoms with Crippen LogP contribution in [0.1, 0.15) is 6.92 Å². The highest BCUT2D eigenvalue weighted by Crippen LogP contribution is 1.98. The number of aromatic nitrogens is 2. The maximum Gasteiger partial charge on any atom is 0.243 e. The van der Waals surface area contributed by atoms with E-state index < -0.39 is 0 Å². The van der Waals surface area contributed by atoms with Crippen molar-refractivity contribution in [1.29, 1.82) is 0 Å². The lowest BCUT2D eigenvalue weighted by molar-refractivity contribution is -0.671. The maximum absolute atomic E-state index is 2.21. The summed E-state index contributed by atoms with van der Waals surface area (Å²) in [5, 5.41) is 0. The predicted octanol–water partition coefficient (Wildman–Crippen LogP) is 1.07. The van der Waals surface area contributed by atoms with Gasteiger partial charge in [0.1, 0.15) is 12.4 Å². The fraction of sp³-hybridized carbons (Fsp3) is 0.625. The third-order valence-electron chi connectivity index (χ3n) is 1.52. The van der Waals surface area contributed by atoms with E-state index in [2.05, 4.69) is 34.8 Å². The second kappa shape index (κ2) is 4.44. The van der Waals surface area contributed by atoms with Crippen molar-refractivity contribution in [2.45, 2.75) is 13.5 Å². The highest BCUT2D eigenvalue weighted by molar-refractivity contribution is 7.99. The molecule has 0 spiro atoms. The minimum absolute atomic E-state index is 1.12. The van der Waals surface area contributed by atoms with E-state index in [0.29, 0.717) is 0 Å². The highest BCUT2D eigenvalue weighted by Gasteiger charge is 1.97. The van der Waals surface area contributed by atoms with Crippen molar-refractivity contribution in [3.63, 3.8) is 0 Å². The molecule has 0 amide bonds. The number of hydrogen-bond acceptors (Lipinski definition) is 1. The number of nitrogens with zero attached hydrogens (tertiary/aromatic N) is 2. The van der Waals surface area contributed by atoms with Crippen LogP contribution < -0.4 is 4.57 Å². The molecule has 0 aliphatic heterocycles. The van der Waals surface area contributed by atoms with Crippen molar-refractivity contribution < 1.29 is 4.57 Å². The smallest absolute Gasteiger partial charge is 0.240 e. The van der Waals surface area contributed by atoms with E-state index in [1.807, 2.05) is 18.8 Å². The quantitative estimate of drug-likeness (QED) is 0.486. The van der Waals surface area contributed by atoms with E-state index in [0.717, 1.165) is 6.54 Å². The molecular formula is C8H15N2S+. The largest absolute Gasteiger partial charge is 0.243 e. The fourth-order valence-corrected chi connectivity index (χ4v) is 1.58. The monoisotopic (exact) mass is 171 g/mol. The maximum atomic E-state index is 2.21. The van der Waals surface area contributed by atoms with Crippen molar-refractivity contribution in [2.24, 2.45) is 7.05 Å². The first kappa shape index (κ1) is 8.65. The number of thioether (sulfide) groups is 1. The molecule has 0 saturated carbocycles. The van der Waals surface area contributed by atoms with Crippen LogP contribution in [-0.2, 0) is 13.6 Å². The molecule has 0 fully saturated rings. The summed E-state index contributed by atoms with van der Waals surface area (Å²) in [4.78, 5) is 0. The van der Waals surface area contributed by atoms with Crippen LogP contribution in [0.5, 0.6) is 0 Å². The van der Waals surface area contributed by atoms with Crippen molar-refractivity contribution >= 4 is 11.8 Å². The van der Waals surface area contributed by atoms with Crippen molar-refractivity contribution in [3.05, 3.63) is 18.7 Å². The van der Waals surface area contributed by atoms with Gasteiger partial charge < -0.3 is 0 Å². The SMILES string of the molecule is CCSCCn1cc[n+](C)c1. The molecule has 1 rings (SSSR count). The van der Waals surface area contributed by atoms with Crippen LogP contribution in [0.4, 0.5) is 0 Å². The molecule has 0 N–H and O–H groups in total. The summed E-state index contributed by atoms with van der Waals surface area (Å²) in [6.45, 7) is 3.32. The predicted molar refractivity (Wildman–Crippen MR) is 48.6 cm³/mol. The summed E-state index contributed by atoms with van der Waals surface area (Å²) in [5.74, 6) is 2.43. The summed E-state index contributed by atoms with van der Waals surface area (Å²) >= 11 is 1.98. The Hall–Kier alpha value is -0.440. The van der Waals surface area contributed by atoms with Gasteiger partial charge in [0.05, 0.1) is 13.6 Å². The van der Waals surface area contributed by atoms with Crippen LogP contribution in [0.15, 0.2) is 18.7 Å². The van der Waals surface area contributed by atoms with Crippen molar-refractivity contribution in [1.82, 2.24) is 4.57 Å². The molecule has 3 heteroatoms. The number of aryl methyl sites for hydroxylation is 2. The number of rotatable bonds is 4. The Bertz CT molecular complexity index is 208. The van der Waals surface area contributed by atoms with Gasteiger partial charge in [-0.1, -0.05) is 6.92 Å². The second-order valence-electron chi connectivity index (χ2n) is 2.51. The lowest BCUT2D eigenvalue weighted by Crippen LogP contribution is -2.23. The molecule has 0 aromatic carbocycles. The van der Waals surface area contributed by atoms with E-state index in [-0.39, 0.29) is 0 Å². The number of hydrogen-bond donors (Lipinski definition) is 0. The molecule has 0 aliphatic carbocycles. The Labute approximate surface area is 72.2 Å². The standard InChI is InChI=1S/C8H15N2S/c1-3-11-7-6-10-5-4-9(2)8-10/h4-5,8H,3,6-7H2,1-2H3/q+1. The van der Waals surface area contributed by atoms with E-state index in [1.165, 1.54) is 11.5 Å². The Kier molecular flexibility index (Phi) is 3.49. The molecule has 0 radical (unpaired) electrons. The third-order valence-corrected chi connectivity index (χ3v) is 2.40. The Morgan fingerprint density at radius 1 is 1.55 bits per heavy atom. The average Bonchev–Trinajstić information content (AvgIpc) is 2.37. The Morgan fingerprint density at radius 3 is 2.91 bits per heavy atom. The molecule has 2 nitrogen and oxygen atoms in total. The molecule has 0 saturated heterocycles. The molecule has 0 bridgehead atoms. The minimum Gasteiger partial charge on any atom is -0.240 e. The van der Waals surface area contributed by atoms with Crippen LogP contribution in [0.25, 0.3) is 0 Å². The van der Waals surface area contributed by atoms with Gasteiger partial charge in [-0.2, -0.15) is 11.8 Å². The summed E-state index contributed by atoms with van der Waals surface area (Å²) in [6, 6.07) is 0. The first-order valence-corrected chi connectivity index (χ1v) is 5.07. The van der Waals surface area contributed by atoms with Gasteiger partial charge in [-0.05, 0) is 5.75 Å². The minimum atomic E-state index is 1.12. The van der Waals surface area contributed by atoms with Gasteiger partial charge in [-0.15, -0.1) is 0 Å². The number of imidazole rings is 1. The molecule has 62 valence electrons. The van der Waals surface area contributed by atoms with Crippen LogP contribution >= 0.6 is 11.8 Å². The van der Waals surface area contributed by atoms with Crippen molar-refractivity contribution in [3.8, 4) is 0 Å². The molecule has 0 unspecified atom stereocenters. The van der Waals surface area contributed by atoms with Crippen LogP contribution in [0.2, 0.25) is 0 Å². The zero-order chi connectivity index (χ0) is 8.10. The van der Waals surface area contributed by atoms with E-state index >= 15 is 0 Å². The first-order chi connectivity index (χ1) is 5.33. The van der Waals surface area contributed by atoms with Crippen LogP contribution in [0, 0.1) is 0 Å². The Morgan fingerprint density at radius 2 is 2.36 bits per heavy atom.